The molecule has 3 aliphatic rings. The number of hydrogen-bond donors (Lipinski definition) is 1. The standard InChI is InChI=1S/C26H30ClN/c1-8-26(7)17-12-14(2)24(3,4)23-22-20(17)16(13-19(26)27)25(5,6)15-10-9-11-18(28-23)21(15)22/h8-12,16,19,28H,1,13H2,2-7H3. The molecule has 28 heavy (non-hydrogen) atoms. The van der Waals surface area contributed by atoms with Crippen molar-refractivity contribution in [2.24, 2.45) is 11.3 Å². The van der Waals surface area contributed by atoms with Crippen LogP contribution in [0, 0.1) is 11.3 Å². The van der Waals surface area contributed by atoms with E-state index in [0.717, 1.165) is 6.42 Å². The third-order valence-electron chi connectivity index (χ3n) is 8.37. The fourth-order valence-corrected chi connectivity index (χ4v) is 6.34. The lowest BCUT2D eigenvalue weighted by Crippen LogP contribution is -2.43. The lowest BCUT2D eigenvalue weighted by atomic mass is 9.55. The largest absolute Gasteiger partial charge is 0.357 e. The van der Waals surface area contributed by atoms with Crippen LogP contribution in [0.4, 0.5) is 0 Å². The highest BCUT2D eigenvalue weighted by atomic mass is 35.5. The highest BCUT2D eigenvalue weighted by Gasteiger charge is 2.52. The van der Waals surface area contributed by atoms with E-state index in [0.29, 0.717) is 5.92 Å². The average Bonchev–Trinajstić information content (AvgIpc) is 3.00. The van der Waals surface area contributed by atoms with Gasteiger partial charge in [0.1, 0.15) is 0 Å². The number of halogens is 1. The third kappa shape index (κ3) is 1.90. The van der Waals surface area contributed by atoms with Crippen LogP contribution in [0.2, 0.25) is 0 Å². The van der Waals surface area contributed by atoms with Crippen LogP contribution < -0.4 is 0 Å². The Morgan fingerprint density at radius 1 is 1.18 bits per heavy atom. The number of benzene rings is 1. The highest BCUT2D eigenvalue weighted by molar-refractivity contribution is 6.22. The van der Waals surface area contributed by atoms with E-state index in [-0.39, 0.29) is 21.6 Å². The van der Waals surface area contributed by atoms with Gasteiger partial charge in [0, 0.05) is 38.4 Å². The van der Waals surface area contributed by atoms with Crippen molar-refractivity contribution in [3.05, 3.63) is 64.9 Å². The van der Waals surface area contributed by atoms with Crippen LogP contribution in [0.15, 0.2) is 48.1 Å². The minimum absolute atomic E-state index is 0.0401. The Bertz CT molecular complexity index is 1110. The second-order valence-electron chi connectivity index (χ2n) is 10.3. The molecule has 1 nitrogen and oxygen atoms in total. The number of aromatic nitrogens is 1. The van der Waals surface area contributed by atoms with Gasteiger partial charge in [-0.15, -0.1) is 18.2 Å². The van der Waals surface area contributed by atoms with Gasteiger partial charge in [-0.25, -0.2) is 0 Å². The summed E-state index contributed by atoms with van der Waals surface area (Å²) < 4.78 is 0. The summed E-state index contributed by atoms with van der Waals surface area (Å²) in [5.41, 5.74) is 9.54. The van der Waals surface area contributed by atoms with Crippen molar-refractivity contribution < 1.29 is 0 Å². The number of hydrogen-bond acceptors (Lipinski definition) is 0. The second kappa shape index (κ2) is 5.25. The monoisotopic (exact) mass is 391 g/mol. The molecule has 0 saturated carbocycles. The number of aromatic amines is 1. The van der Waals surface area contributed by atoms with Gasteiger partial charge in [-0.2, -0.15) is 0 Å². The molecule has 3 unspecified atom stereocenters. The predicted molar refractivity (Wildman–Crippen MR) is 121 cm³/mol. The Kier molecular flexibility index (Phi) is 3.43. The molecule has 0 radical (unpaired) electrons. The first-order valence-electron chi connectivity index (χ1n) is 10.4. The smallest absolute Gasteiger partial charge is 0.0470 e. The third-order valence-corrected chi connectivity index (χ3v) is 9.00. The van der Waals surface area contributed by atoms with E-state index < -0.39 is 0 Å². The molecule has 0 aliphatic heterocycles. The maximum Gasteiger partial charge on any atom is 0.0470 e. The molecule has 1 aromatic carbocycles. The van der Waals surface area contributed by atoms with Crippen molar-refractivity contribution in [2.45, 2.75) is 64.2 Å². The first kappa shape index (κ1) is 18.3. The molecule has 0 bridgehead atoms. The molecule has 0 spiro atoms. The van der Waals surface area contributed by atoms with E-state index in [1.165, 1.54) is 44.4 Å². The molecule has 1 heterocycles. The van der Waals surface area contributed by atoms with E-state index in [4.69, 9.17) is 11.6 Å². The van der Waals surface area contributed by atoms with Crippen LogP contribution in [0.3, 0.4) is 0 Å². The van der Waals surface area contributed by atoms with Gasteiger partial charge in [0.05, 0.1) is 0 Å². The number of allylic oxidation sites excluding steroid dienone is 5. The van der Waals surface area contributed by atoms with Gasteiger partial charge in [-0.05, 0) is 47.5 Å². The predicted octanol–water partition coefficient (Wildman–Crippen LogP) is 7.27. The summed E-state index contributed by atoms with van der Waals surface area (Å²) in [6.45, 7) is 18.3. The summed E-state index contributed by atoms with van der Waals surface area (Å²) in [4.78, 5) is 3.84. The zero-order chi connectivity index (χ0) is 20.2. The molecule has 5 rings (SSSR count). The molecular weight excluding hydrogens is 362 g/mol. The molecular formula is C26H30ClN. The van der Waals surface area contributed by atoms with Crippen molar-refractivity contribution in [1.29, 1.82) is 0 Å². The lowest BCUT2D eigenvalue weighted by Gasteiger charge is -2.50. The van der Waals surface area contributed by atoms with Gasteiger partial charge in [-0.3, -0.25) is 0 Å². The number of H-pyrrole nitrogens is 1. The van der Waals surface area contributed by atoms with Gasteiger partial charge in [0.15, 0.2) is 0 Å². The molecule has 2 aromatic rings. The van der Waals surface area contributed by atoms with Crippen LogP contribution >= 0.6 is 11.6 Å². The van der Waals surface area contributed by atoms with Crippen molar-refractivity contribution in [1.82, 2.24) is 4.98 Å². The zero-order valence-corrected chi connectivity index (χ0v) is 18.6. The Balaban J connectivity index is 2.06. The summed E-state index contributed by atoms with van der Waals surface area (Å²) in [5, 5.41) is 1.46. The maximum atomic E-state index is 7.10. The Morgan fingerprint density at radius 3 is 2.57 bits per heavy atom. The molecule has 1 aromatic heterocycles. The van der Waals surface area contributed by atoms with Crippen LogP contribution in [0.5, 0.6) is 0 Å². The average molecular weight is 392 g/mol. The SMILES string of the molecule is C=CC1(C)C2=C3c4c([nH]c5cccc(c45)C(C)(C)C3CC1Cl)C(C)(C)C(C)=C2. The Labute approximate surface area is 173 Å². The van der Waals surface area contributed by atoms with Crippen molar-refractivity contribution in [3.63, 3.8) is 0 Å². The Morgan fingerprint density at radius 2 is 1.89 bits per heavy atom. The summed E-state index contributed by atoms with van der Waals surface area (Å²) in [7, 11) is 0. The van der Waals surface area contributed by atoms with E-state index in [1.54, 1.807) is 0 Å². The molecule has 0 fully saturated rings. The molecule has 3 atom stereocenters. The van der Waals surface area contributed by atoms with E-state index >= 15 is 0 Å². The molecule has 2 heteroatoms. The molecule has 1 N–H and O–H groups in total. The van der Waals surface area contributed by atoms with Crippen LogP contribution in [-0.2, 0) is 10.8 Å². The topological polar surface area (TPSA) is 15.8 Å². The summed E-state index contributed by atoms with van der Waals surface area (Å²) >= 11 is 7.10. The first-order chi connectivity index (χ1) is 13.0. The van der Waals surface area contributed by atoms with Gasteiger partial charge in [0.2, 0.25) is 0 Å². The fourth-order valence-electron chi connectivity index (χ4n) is 5.96. The molecule has 0 amide bonds. The van der Waals surface area contributed by atoms with Gasteiger partial charge < -0.3 is 4.98 Å². The van der Waals surface area contributed by atoms with Crippen molar-refractivity contribution in [2.75, 3.05) is 0 Å². The van der Waals surface area contributed by atoms with Crippen molar-refractivity contribution in [3.8, 4) is 0 Å². The fraction of sp³-hybridized carbons (Fsp3) is 0.462. The van der Waals surface area contributed by atoms with E-state index in [2.05, 4.69) is 83.5 Å². The molecule has 3 aliphatic carbocycles. The van der Waals surface area contributed by atoms with Crippen LogP contribution in [-0.4, -0.2) is 10.4 Å². The number of nitrogens with one attached hydrogen (secondary N) is 1. The Hall–Kier alpha value is -1.73. The normalized spacial score (nSPS) is 32.2. The van der Waals surface area contributed by atoms with Gasteiger partial charge in [0.25, 0.3) is 0 Å². The van der Waals surface area contributed by atoms with Crippen LogP contribution in [0.25, 0.3) is 16.5 Å². The highest BCUT2D eigenvalue weighted by Crippen LogP contribution is 2.62. The van der Waals surface area contributed by atoms with Crippen molar-refractivity contribution >= 4 is 28.1 Å². The second-order valence-corrected chi connectivity index (χ2v) is 10.9. The molecule has 146 valence electrons. The maximum absolute atomic E-state index is 7.10. The van der Waals surface area contributed by atoms with Gasteiger partial charge >= 0.3 is 0 Å². The number of alkyl halides is 1. The summed E-state index contributed by atoms with van der Waals surface area (Å²) in [6.07, 6.45) is 5.49. The van der Waals surface area contributed by atoms with E-state index in [1.807, 2.05) is 0 Å². The minimum Gasteiger partial charge on any atom is -0.357 e. The summed E-state index contributed by atoms with van der Waals surface area (Å²) in [6, 6.07) is 6.77. The zero-order valence-electron chi connectivity index (χ0n) is 17.8. The summed E-state index contributed by atoms with van der Waals surface area (Å²) in [5.74, 6) is 0.406. The first-order valence-corrected chi connectivity index (χ1v) is 10.9. The molecule has 0 saturated heterocycles. The lowest BCUT2D eigenvalue weighted by molar-refractivity contribution is 0.308. The van der Waals surface area contributed by atoms with Gasteiger partial charge in [-0.1, -0.05) is 64.5 Å². The minimum atomic E-state index is -0.224. The quantitative estimate of drug-likeness (QED) is 0.388. The van der Waals surface area contributed by atoms with E-state index in [9.17, 15) is 0 Å². The van der Waals surface area contributed by atoms with Crippen LogP contribution in [0.1, 0.15) is 64.8 Å². The number of rotatable bonds is 1.